The standard InChI is InChI=1S/C15H21NO4/c1-9-4-12-13(20-8-15(2,3)7-19-12)6-10(9)5-11(16)14(17)18/h4,6,11H,5,7-8,16H2,1-3H3,(H,17,18). The molecule has 0 bridgehead atoms. The molecule has 1 aromatic carbocycles. The molecule has 1 aliphatic rings. The normalized spacial score (nSPS) is 18.2. The van der Waals surface area contributed by atoms with Gasteiger partial charge in [0.1, 0.15) is 6.04 Å². The first-order valence-electron chi connectivity index (χ1n) is 6.66. The molecule has 5 heteroatoms. The van der Waals surface area contributed by atoms with Gasteiger partial charge in [0, 0.05) is 5.41 Å². The van der Waals surface area contributed by atoms with Gasteiger partial charge < -0.3 is 20.3 Å². The van der Waals surface area contributed by atoms with Gasteiger partial charge in [0.05, 0.1) is 13.2 Å². The molecule has 0 aliphatic carbocycles. The second-order valence-electron chi connectivity index (χ2n) is 6.12. The quantitative estimate of drug-likeness (QED) is 0.881. The third kappa shape index (κ3) is 3.22. The molecule has 1 atom stereocenters. The summed E-state index contributed by atoms with van der Waals surface area (Å²) in [6.07, 6.45) is 0.279. The number of benzene rings is 1. The zero-order chi connectivity index (χ0) is 14.9. The summed E-state index contributed by atoms with van der Waals surface area (Å²) < 4.78 is 11.6. The lowest BCUT2D eigenvalue weighted by atomic mass is 9.97. The first kappa shape index (κ1) is 14.7. The van der Waals surface area contributed by atoms with Crippen molar-refractivity contribution < 1.29 is 19.4 Å². The van der Waals surface area contributed by atoms with Gasteiger partial charge in [-0.2, -0.15) is 0 Å². The molecule has 0 radical (unpaired) electrons. The molecule has 3 N–H and O–H groups in total. The van der Waals surface area contributed by atoms with E-state index in [4.69, 9.17) is 20.3 Å². The highest BCUT2D eigenvalue weighted by Crippen LogP contribution is 2.36. The minimum Gasteiger partial charge on any atom is -0.489 e. The van der Waals surface area contributed by atoms with Crippen LogP contribution in [0.5, 0.6) is 11.5 Å². The lowest BCUT2D eigenvalue weighted by molar-refractivity contribution is -0.138. The van der Waals surface area contributed by atoms with E-state index in [1.165, 1.54) is 0 Å². The van der Waals surface area contributed by atoms with Crippen LogP contribution in [0.1, 0.15) is 25.0 Å². The van der Waals surface area contributed by atoms with Crippen LogP contribution < -0.4 is 15.2 Å². The number of carbonyl (C=O) groups is 1. The average molecular weight is 279 g/mol. The van der Waals surface area contributed by atoms with E-state index in [0.717, 1.165) is 11.1 Å². The topological polar surface area (TPSA) is 81.8 Å². The molecule has 0 amide bonds. The summed E-state index contributed by atoms with van der Waals surface area (Å²) in [6.45, 7) is 7.23. The molecule has 5 nitrogen and oxygen atoms in total. The summed E-state index contributed by atoms with van der Waals surface area (Å²) in [6, 6.07) is 2.82. The Balaban J connectivity index is 2.26. The number of nitrogens with two attached hydrogens (primary N) is 1. The summed E-state index contributed by atoms with van der Waals surface area (Å²) in [5.41, 5.74) is 7.38. The van der Waals surface area contributed by atoms with Crippen LogP contribution in [0.2, 0.25) is 0 Å². The second-order valence-corrected chi connectivity index (χ2v) is 6.12. The van der Waals surface area contributed by atoms with Crippen molar-refractivity contribution in [2.45, 2.75) is 33.2 Å². The number of hydrogen-bond acceptors (Lipinski definition) is 4. The Kier molecular flexibility index (Phi) is 3.90. The molecule has 0 spiro atoms. The SMILES string of the molecule is Cc1cc2c(cc1CC(N)C(=O)O)OCC(C)(C)CO2. The van der Waals surface area contributed by atoms with E-state index in [1.54, 1.807) is 0 Å². The first-order chi connectivity index (χ1) is 9.28. The number of rotatable bonds is 3. The van der Waals surface area contributed by atoms with E-state index >= 15 is 0 Å². The number of hydrogen-bond donors (Lipinski definition) is 2. The Labute approximate surface area is 118 Å². The van der Waals surface area contributed by atoms with Gasteiger partial charge >= 0.3 is 5.97 Å². The van der Waals surface area contributed by atoms with E-state index in [9.17, 15) is 4.79 Å². The summed E-state index contributed by atoms with van der Waals surface area (Å²) in [5, 5.41) is 8.91. The van der Waals surface area contributed by atoms with E-state index in [-0.39, 0.29) is 11.8 Å². The number of aliphatic carboxylic acids is 1. The van der Waals surface area contributed by atoms with Crippen molar-refractivity contribution in [3.8, 4) is 11.5 Å². The molecule has 0 saturated carbocycles. The largest absolute Gasteiger partial charge is 0.489 e. The number of carboxylic acids is 1. The van der Waals surface area contributed by atoms with Crippen LogP contribution in [0.3, 0.4) is 0 Å². The minimum atomic E-state index is -1.00. The predicted octanol–water partition coefficient (Wildman–Crippen LogP) is 1.75. The Hall–Kier alpha value is -1.75. The molecular weight excluding hydrogens is 258 g/mol. The lowest BCUT2D eigenvalue weighted by Crippen LogP contribution is -2.32. The predicted molar refractivity (Wildman–Crippen MR) is 75.3 cm³/mol. The van der Waals surface area contributed by atoms with Crippen molar-refractivity contribution >= 4 is 5.97 Å². The van der Waals surface area contributed by atoms with E-state index in [1.807, 2.05) is 19.1 Å². The number of carboxylic acid groups (broad SMARTS) is 1. The number of aryl methyl sites for hydroxylation is 1. The summed E-state index contributed by atoms with van der Waals surface area (Å²) in [7, 11) is 0. The molecule has 1 heterocycles. The molecule has 2 rings (SSSR count). The molecule has 20 heavy (non-hydrogen) atoms. The van der Waals surface area contributed by atoms with Crippen LogP contribution in [0.4, 0.5) is 0 Å². The van der Waals surface area contributed by atoms with Crippen LogP contribution in [0.25, 0.3) is 0 Å². The fraction of sp³-hybridized carbons (Fsp3) is 0.533. The van der Waals surface area contributed by atoms with Crippen molar-refractivity contribution in [1.82, 2.24) is 0 Å². The third-order valence-corrected chi connectivity index (χ3v) is 3.40. The van der Waals surface area contributed by atoms with Crippen LogP contribution in [0, 0.1) is 12.3 Å². The monoisotopic (exact) mass is 279 g/mol. The van der Waals surface area contributed by atoms with E-state index in [0.29, 0.717) is 24.7 Å². The molecule has 0 saturated heterocycles. The van der Waals surface area contributed by atoms with Crippen molar-refractivity contribution in [3.05, 3.63) is 23.3 Å². The van der Waals surface area contributed by atoms with E-state index < -0.39 is 12.0 Å². The Morgan fingerprint density at radius 1 is 1.35 bits per heavy atom. The Bertz CT molecular complexity index is 525. The van der Waals surface area contributed by atoms with Gasteiger partial charge in [-0.3, -0.25) is 4.79 Å². The molecule has 1 aromatic rings. The first-order valence-corrected chi connectivity index (χ1v) is 6.66. The highest BCUT2D eigenvalue weighted by atomic mass is 16.5. The zero-order valence-corrected chi connectivity index (χ0v) is 12.1. The molecule has 0 aromatic heterocycles. The number of fused-ring (bicyclic) bond motifs is 1. The second kappa shape index (κ2) is 5.32. The van der Waals surface area contributed by atoms with Gasteiger partial charge in [-0.25, -0.2) is 0 Å². The summed E-state index contributed by atoms with van der Waals surface area (Å²) >= 11 is 0. The highest BCUT2D eigenvalue weighted by molar-refractivity contribution is 5.73. The van der Waals surface area contributed by atoms with Gasteiger partial charge in [-0.15, -0.1) is 0 Å². The molecule has 1 aliphatic heterocycles. The highest BCUT2D eigenvalue weighted by Gasteiger charge is 2.26. The van der Waals surface area contributed by atoms with Gasteiger partial charge in [-0.1, -0.05) is 13.8 Å². The molecule has 1 unspecified atom stereocenters. The van der Waals surface area contributed by atoms with Crippen LogP contribution in [0.15, 0.2) is 12.1 Å². The van der Waals surface area contributed by atoms with Crippen LogP contribution in [-0.4, -0.2) is 30.3 Å². The van der Waals surface area contributed by atoms with Crippen molar-refractivity contribution in [2.24, 2.45) is 11.1 Å². The Morgan fingerprint density at radius 3 is 2.45 bits per heavy atom. The fourth-order valence-electron chi connectivity index (χ4n) is 2.06. The summed E-state index contributed by atoms with van der Waals surface area (Å²) in [5.74, 6) is 0.368. The van der Waals surface area contributed by atoms with Crippen molar-refractivity contribution in [1.29, 1.82) is 0 Å². The zero-order valence-electron chi connectivity index (χ0n) is 12.1. The van der Waals surface area contributed by atoms with Crippen molar-refractivity contribution in [3.63, 3.8) is 0 Å². The van der Waals surface area contributed by atoms with Crippen molar-refractivity contribution in [2.75, 3.05) is 13.2 Å². The lowest BCUT2D eigenvalue weighted by Gasteiger charge is -2.19. The molecular formula is C15H21NO4. The van der Waals surface area contributed by atoms with Gasteiger partial charge in [-0.05, 0) is 36.6 Å². The Morgan fingerprint density at radius 2 is 1.90 bits per heavy atom. The van der Waals surface area contributed by atoms with Gasteiger partial charge in [0.25, 0.3) is 0 Å². The maximum atomic E-state index is 10.9. The van der Waals surface area contributed by atoms with E-state index in [2.05, 4.69) is 13.8 Å². The minimum absolute atomic E-state index is 0.0510. The number of ether oxygens (including phenoxy) is 2. The van der Waals surface area contributed by atoms with Crippen LogP contribution in [-0.2, 0) is 11.2 Å². The smallest absolute Gasteiger partial charge is 0.320 e. The van der Waals surface area contributed by atoms with Gasteiger partial charge in [0.15, 0.2) is 11.5 Å². The van der Waals surface area contributed by atoms with Crippen LogP contribution >= 0.6 is 0 Å². The average Bonchev–Trinajstić information content (AvgIpc) is 2.50. The molecule has 110 valence electrons. The summed E-state index contributed by atoms with van der Waals surface area (Å²) in [4.78, 5) is 10.9. The maximum Gasteiger partial charge on any atom is 0.320 e. The maximum absolute atomic E-state index is 10.9. The molecule has 0 fully saturated rings. The fourth-order valence-corrected chi connectivity index (χ4v) is 2.06. The van der Waals surface area contributed by atoms with Gasteiger partial charge in [0.2, 0.25) is 0 Å². The third-order valence-electron chi connectivity index (χ3n) is 3.40.